The summed E-state index contributed by atoms with van der Waals surface area (Å²) in [5.74, 6) is 12.0. The molecule has 6 saturated carbocycles. The zero-order valence-electron chi connectivity index (χ0n) is 25.8. The Morgan fingerprint density at radius 1 is 0.465 bits per heavy atom. The van der Waals surface area contributed by atoms with E-state index in [1.165, 1.54) is 78.9 Å². The van der Waals surface area contributed by atoms with E-state index in [1.807, 2.05) is 0 Å². The molecule has 2 nitrogen and oxygen atoms in total. The molecule has 2 aromatic heterocycles. The summed E-state index contributed by atoms with van der Waals surface area (Å²) in [4.78, 5) is 5.61. The van der Waals surface area contributed by atoms with Crippen molar-refractivity contribution in [1.82, 2.24) is 9.55 Å². The zero-order valence-corrected chi connectivity index (χ0v) is 25.8. The summed E-state index contributed by atoms with van der Waals surface area (Å²) >= 11 is 0. The maximum atomic E-state index is 5.61. The Hall–Kier alpha value is -2.61. The SMILES string of the molecule is c1cc(C2CC3C4CCCCC4C4CCCC5C6CCCCC6C(C2)C3C45)nc(-n2c3ccccc3c3ccccc32)c1. The van der Waals surface area contributed by atoms with E-state index < -0.39 is 0 Å². The molecule has 43 heavy (non-hydrogen) atoms. The number of nitrogens with zero attached hydrogens (tertiary/aromatic N) is 2. The molecule has 6 fully saturated rings. The van der Waals surface area contributed by atoms with Crippen molar-refractivity contribution in [3.05, 3.63) is 72.4 Å². The van der Waals surface area contributed by atoms with Gasteiger partial charge in [0.1, 0.15) is 5.82 Å². The fraction of sp³-hybridized carbons (Fsp3) is 0.585. The number of para-hydroxylation sites is 2. The zero-order chi connectivity index (χ0) is 28.1. The summed E-state index contributed by atoms with van der Waals surface area (Å²) in [6, 6.07) is 24.8. The lowest BCUT2D eigenvalue weighted by atomic mass is 9.37. The van der Waals surface area contributed by atoms with Crippen LogP contribution in [0, 0.1) is 59.2 Å². The van der Waals surface area contributed by atoms with E-state index in [4.69, 9.17) is 4.98 Å². The van der Waals surface area contributed by atoms with Crippen molar-refractivity contribution >= 4 is 21.8 Å². The van der Waals surface area contributed by atoms with E-state index in [2.05, 4.69) is 71.3 Å². The van der Waals surface area contributed by atoms with Gasteiger partial charge in [0, 0.05) is 22.4 Å². The van der Waals surface area contributed by atoms with E-state index in [0.717, 1.165) is 65.0 Å². The second-order valence-electron chi connectivity index (χ2n) is 15.9. The number of benzene rings is 2. The third-order valence-corrected chi connectivity index (χ3v) is 14.5. The predicted molar refractivity (Wildman–Crippen MR) is 176 cm³/mol. The smallest absolute Gasteiger partial charge is 0.137 e. The second kappa shape index (κ2) is 9.95. The van der Waals surface area contributed by atoms with Gasteiger partial charge in [0.2, 0.25) is 0 Å². The van der Waals surface area contributed by atoms with Gasteiger partial charge in [-0.2, -0.15) is 0 Å². The number of hydrogen-bond acceptors (Lipinski definition) is 1. The van der Waals surface area contributed by atoms with Crippen LogP contribution in [0.15, 0.2) is 66.7 Å². The third-order valence-electron chi connectivity index (χ3n) is 14.5. The molecular weight excluding hydrogens is 520 g/mol. The standard InChI is InChI=1S/C41H48N2/c1-3-13-28-26(11-1)32-17-9-18-33-27-12-2-4-14-29(27)35-24-25(23-34(28)41(35)40(32)33)36-19-10-22-39(42-36)43-37-20-7-5-15-30(37)31-16-6-8-21-38(31)43/h5-8,10,15-16,19-22,25-29,32-35,40-41H,1-4,9,11-14,17-18,23-24H2. The summed E-state index contributed by atoms with van der Waals surface area (Å²) in [6.07, 6.45) is 19.7. The van der Waals surface area contributed by atoms with Gasteiger partial charge in [-0.05, 0) is 135 Å². The molecule has 0 saturated heterocycles. The van der Waals surface area contributed by atoms with Gasteiger partial charge in [-0.25, -0.2) is 4.98 Å². The van der Waals surface area contributed by atoms with Gasteiger partial charge in [-0.15, -0.1) is 0 Å². The lowest BCUT2D eigenvalue weighted by Gasteiger charge is -2.68. The minimum absolute atomic E-state index is 0.626. The maximum absolute atomic E-state index is 5.61. The summed E-state index contributed by atoms with van der Waals surface area (Å²) < 4.78 is 2.44. The number of fused-ring (bicyclic) bond motifs is 9. The number of rotatable bonds is 2. The Morgan fingerprint density at radius 2 is 0.953 bits per heavy atom. The Bertz CT molecular complexity index is 1570. The van der Waals surface area contributed by atoms with Crippen molar-refractivity contribution in [2.45, 2.75) is 89.4 Å². The van der Waals surface area contributed by atoms with Gasteiger partial charge >= 0.3 is 0 Å². The molecule has 10 rings (SSSR count). The molecule has 2 heterocycles. The Kier molecular flexibility index (Phi) is 5.94. The van der Waals surface area contributed by atoms with Crippen LogP contribution in [0.5, 0.6) is 0 Å². The highest BCUT2D eigenvalue weighted by molar-refractivity contribution is 6.09. The van der Waals surface area contributed by atoms with Gasteiger partial charge < -0.3 is 0 Å². The van der Waals surface area contributed by atoms with Crippen molar-refractivity contribution in [3.63, 3.8) is 0 Å². The first-order valence-electron chi connectivity index (χ1n) is 18.3. The average molecular weight is 569 g/mol. The summed E-state index contributed by atoms with van der Waals surface area (Å²) in [5, 5.41) is 2.66. The molecule has 4 aromatic rings. The first-order valence-corrected chi connectivity index (χ1v) is 18.3. The monoisotopic (exact) mass is 568 g/mol. The molecular formula is C41H48N2. The predicted octanol–water partition coefficient (Wildman–Crippen LogP) is 10.6. The highest BCUT2D eigenvalue weighted by atomic mass is 15.1. The molecule has 0 amide bonds. The minimum Gasteiger partial charge on any atom is -0.294 e. The van der Waals surface area contributed by atoms with Crippen molar-refractivity contribution in [2.75, 3.05) is 0 Å². The van der Waals surface area contributed by atoms with Crippen molar-refractivity contribution in [3.8, 4) is 5.82 Å². The van der Waals surface area contributed by atoms with Gasteiger partial charge in [-0.3, -0.25) is 4.57 Å². The first kappa shape index (κ1) is 25.7. The second-order valence-corrected chi connectivity index (χ2v) is 15.9. The summed E-state index contributed by atoms with van der Waals surface area (Å²) in [7, 11) is 0. The van der Waals surface area contributed by atoms with Crippen LogP contribution in [0.3, 0.4) is 0 Å². The molecule has 0 spiro atoms. The fourth-order valence-corrected chi connectivity index (χ4v) is 13.4. The highest BCUT2D eigenvalue weighted by Gasteiger charge is 2.63. The van der Waals surface area contributed by atoms with Crippen LogP contribution in [0.1, 0.15) is 95.1 Å². The molecule has 2 heteroatoms. The van der Waals surface area contributed by atoms with Crippen LogP contribution >= 0.6 is 0 Å². The Balaban J connectivity index is 1.08. The lowest BCUT2D eigenvalue weighted by Crippen LogP contribution is -2.61. The van der Waals surface area contributed by atoms with E-state index in [-0.39, 0.29) is 0 Å². The van der Waals surface area contributed by atoms with Crippen LogP contribution in [0.4, 0.5) is 0 Å². The highest BCUT2D eigenvalue weighted by Crippen LogP contribution is 2.70. The van der Waals surface area contributed by atoms with Crippen LogP contribution in [0.2, 0.25) is 0 Å². The van der Waals surface area contributed by atoms with Crippen LogP contribution in [-0.4, -0.2) is 9.55 Å². The molecule has 6 aliphatic carbocycles. The molecule has 2 aromatic carbocycles. The first-order chi connectivity index (χ1) is 21.3. The van der Waals surface area contributed by atoms with Crippen molar-refractivity contribution in [2.24, 2.45) is 59.2 Å². The fourth-order valence-electron chi connectivity index (χ4n) is 13.4. The van der Waals surface area contributed by atoms with Crippen molar-refractivity contribution in [1.29, 1.82) is 0 Å². The number of hydrogen-bond donors (Lipinski definition) is 0. The largest absolute Gasteiger partial charge is 0.294 e. The molecule has 8 atom stereocenters. The molecule has 222 valence electrons. The molecule has 0 aliphatic heterocycles. The van der Waals surface area contributed by atoms with E-state index in [1.54, 1.807) is 32.1 Å². The third kappa shape index (κ3) is 3.74. The molecule has 0 N–H and O–H groups in total. The van der Waals surface area contributed by atoms with Crippen molar-refractivity contribution < 1.29 is 0 Å². The van der Waals surface area contributed by atoms with Gasteiger partial charge in [0.25, 0.3) is 0 Å². The van der Waals surface area contributed by atoms with Gasteiger partial charge in [-0.1, -0.05) is 74.6 Å². The summed E-state index contributed by atoms with van der Waals surface area (Å²) in [6.45, 7) is 0. The lowest BCUT2D eigenvalue weighted by molar-refractivity contribution is -0.189. The molecule has 8 unspecified atom stereocenters. The molecule has 0 radical (unpaired) electrons. The van der Waals surface area contributed by atoms with Crippen LogP contribution in [0.25, 0.3) is 27.6 Å². The topological polar surface area (TPSA) is 17.8 Å². The average Bonchev–Trinajstić information content (AvgIpc) is 3.42. The number of aromatic nitrogens is 2. The van der Waals surface area contributed by atoms with E-state index >= 15 is 0 Å². The summed E-state index contributed by atoms with van der Waals surface area (Å²) in [5.41, 5.74) is 3.95. The van der Waals surface area contributed by atoms with Crippen LogP contribution in [-0.2, 0) is 0 Å². The molecule has 6 aliphatic rings. The molecule has 0 bridgehead atoms. The quantitative estimate of drug-likeness (QED) is 0.235. The van der Waals surface area contributed by atoms with Gasteiger partial charge in [0.15, 0.2) is 0 Å². The van der Waals surface area contributed by atoms with Gasteiger partial charge in [0.05, 0.1) is 11.0 Å². The minimum atomic E-state index is 0.626. The maximum Gasteiger partial charge on any atom is 0.137 e. The van der Waals surface area contributed by atoms with Crippen LogP contribution < -0.4 is 0 Å². The number of pyridine rings is 1. The Morgan fingerprint density at radius 3 is 1.53 bits per heavy atom. The normalized spacial score (nSPS) is 40.0. The Labute approximate surface area is 257 Å². The van der Waals surface area contributed by atoms with E-state index in [9.17, 15) is 0 Å². The van der Waals surface area contributed by atoms with E-state index in [0.29, 0.717) is 5.92 Å².